The third-order valence-corrected chi connectivity index (χ3v) is 2.32. The first kappa shape index (κ1) is 10.8. The minimum absolute atomic E-state index is 0.203. The summed E-state index contributed by atoms with van der Waals surface area (Å²) in [5.74, 6) is 0.179. The molecule has 1 rings (SSSR count). The van der Waals surface area contributed by atoms with Gasteiger partial charge in [-0.25, -0.2) is 0 Å². The molecule has 0 saturated carbocycles. The molecule has 0 aliphatic carbocycles. The fraction of sp³-hybridized carbons (Fsp3) is 0.417. The molecule has 1 aromatic carbocycles. The molecule has 2 nitrogen and oxygen atoms in total. The van der Waals surface area contributed by atoms with Crippen LogP contribution in [0.2, 0.25) is 0 Å². The second-order valence-corrected chi connectivity index (χ2v) is 3.80. The van der Waals surface area contributed by atoms with Crippen molar-refractivity contribution >= 4 is 5.91 Å². The van der Waals surface area contributed by atoms with E-state index in [-0.39, 0.29) is 5.91 Å². The third kappa shape index (κ3) is 4.08. The van der Waals surface area contributed by atoms with E-state index in [1.807, 2.05) is 18.2 Å². The predicted octanol–water partition coefficient (Wildman–Crippen LogP) is 2.13. The zero-order chi connectivity index (χ0) is 10.4. The van der Waals surface area contributed by atoms with Gasteiger partial charge in [-0.05, 0) is 24.3 Å². The van der Waals surface area contributed by atoms with Crippen molar-refractivity contribution in [2.45, 2.75) is 26.2 Å². The Hall–Kier alpha value is -1.31. The van der Waals surface area contributed by atoms with Gasteiger partial charge in [-0.15, -0.1) is 0 Å². The van der Waals surface area contributed by atoms with E-state index >= 15 is 0 Å². The lowest BCUT2D eigenvalue weighted by atomic mass is 9.98. The summed E-state index contributed by atoms with van der Waals surface area (Å²) in [5, 5.41) is 0. The average Bonchev–Trinajstić information content (AvgIpc) is 2.15. The van der Waals surface area contributed by atoms with Crippen LogP contribution in [0.25, 0.3) is 0 Å². The van der Waals surface area contributed by atoms with E-state index in [2.05, 4.69) is 19.1 Å². The standard InChI is InChI=1S/C12H17NO/c1-10(9-12(13)14)7-8-11-5-3-2-4-6-11/h2-6,10H,7-9H2,1H3,(H2,13,14)/t10-/m1/s1. The van der Waals surface area contributed by atoms with E-state index in [4.69, 9.17) is 5.73 Å². The molecule has 0 unspecified atom stereocenters. The van der Waals surface area contributed by atoms with E-state index in [9.17, 15) is 4.79 Å². The van der Waals surface area contributed by atoms with Crippen molar-refractivity contribution in [3.05, 3.63) is 35.9 Å². The smallest absolute Gasteiger partial charge is 0.217 e. The molecule has 0 saturated heterocycles. The number of carbonyl (C=O) groups is 1. The van der Waals surface area contributed by atoms with Crippen LogP contribution in [0.5, 0.6) is 0 Å². The van der Waals surface area contributed by atoms with Crippen molar-refractivity contribution in [1.82, 2.24) is 0 Å². The summed E-state index contributed by atoms with van der Waals surface area (Å²) in [6.45, 7) is 2.06. The highest BCUT2D eigenvalue weighted by molar-refractivity contribution is 5.73. The Morgan fingerprint density at radius 3 is 2.57 bits per heavy atom. The number of rotatable bonds is 5. The Morgan fingerprint density at radius 2 is 2.00 bits per heavy atom. The van der Waals surface area contributed by atoms with Gasteiger partial charge in [0.2, 0.25) is 5.91 Å². The Bertz CT molecular complexity index is 282. The molecule has 0 aliphatic heterocycles. The molecule has 1 atom stereocenters. The Labute approximate surface area is 85.1 Å². The number of primary amides is 1. The monoisotopic (exact) mass is 191 g/mol. The van der Waals surface area contributed by atoms with Crippen LogP contribution in [-0.4, -0.2) is 5.91 Å². The van der Waals surface area contributed by atoms with Gasteiger partial charge in [-0.1, -0.05) is 37.3 Å². The van der Waals surface area contributed by atoms with Gasteiger partial charge in [-0.3, -0.25) is 4.79 Å². The van der Waals surface area contributed by atoms with Crippen LogP contribution in [0.4, 0.5) is 0 Å². The molecule has 0 spiro atoms. The molecular formula is C12H17NO. The van der Waals surface area contributed by atoms with Crippen molar-refractivity contribution in [3.8, 4) is 0 Å². The molecule has 1 amide bonds. The van der Waals surface area contributed by atoms with Gasteiger partial charge in [0, 0.05) is 6.42 Å². The van der Waals surface area contributed by atoms with Crippen LogP contribution in [0.15, 0.2) is 30.3 Å². The first-order chi connectivity index (χ1) is 6.68. The fourth-order valence-electron chi connectivity index (χ4n) is 1.50. The molecule has 0 fully saturated rings. The molecule has 0 aromatic heterocycles. The topological polar surface area (TPSA) is 43.1 Å². The van der Waals surface area contributed by atoms with E-state index in [0.717, 1.165) is 12.8 Å². The summed E-state index contributed by atoms with van der Waals surface area (Å²) < 4.78 is 0. The van der Waals surface area contributed by atoms with Crippen molar-refractivity contribution in [2.24, 2.45) is 11.7 Å². The van der Waals surface area contributed by atoms with E-state index in [1.54, 1.807) is 0 Å². The lowest BCUT2D eigenvalue weighted by molar-refractivity contribution is -0.118. The fourth-order valence-corrected chi connectivity index (χ4v) is 1.50. The highest BCUT2D eigenvalue weighted by Gasteiger charge is 2.05. The number of amides is 1. The van der Waals surface area contributed by atoms with Crippen LogP contribution in [0.3, 0.4) is 0 Å². The van der Waals surface area contributed by atoms with E-state index in [0.29, 0.717) is 12.3 Å². The summed E-state index contributed by atoms with van der Waals surface area (Å²) in [5.41, 5.74) is 6.45. The average molecular weight is 191 g/mol. The molecule has 0 radical (unpaired) electrons. The van der Waals surface area contributed by atoms with Crippen LogP contribution in [0.1, 0.15) is 25.3 Å². The minimum Gasteiger partial charge on any atom is -0.370 e. The van der Waals surface area contributed by atoms with Crippen molar-refractivity contribution in [2.75, 3.05) is 0 Å². The molecule has 76 valence electrons. The van der Waals surface area contributed by atoms with Crippen molar-refractivity contribution < 1.29 is 4.79 Å². The lowest BCUT2D eigenvalue weighted by Crippen LogP contribution is -2.14. The molecule has 2 N–H and O–H groups in total. The van der Waals surface area contributed by atoms with Gasteiger partial charge in [-0.2, -0.15) is 0 Å². The second kappa shape index (κ2) is 5.43. The van der Waals surface area contributed by atoms with E-state index in [1.165, 1.54) is 5.56 Å². The van der Waals surface area contributed by atoms with Gasteiger partial charge in [0.1, 0.15) is 0 Å². The molecule has 0 heterocycles. The number of benzene rings is 1. The summed E-state index contributed by atoms with van der Waals surface area (Å²) in [6.07, 6.45) is 2.54. The Morgan fingerprint density at radius 1 is 1.36 bits per heavy atom. The van der Waals surface area contributed by atoms with Crippen LogP contribution in [-0.2, 0) is 11.2 Å². The molecule has 1 aromatic rings. The number of hydrogen-bond donors (Lipinski definition) is 1. The normalized spacial score (nSPS) is 12.4. The predicted molar refractivity (Wildman–Crippen MR) is 57.7 cm³/mol. The Kier molecular flexibility index (Phi) is 4.17. The second-order valence-electron chi connectivity index (χ2n) is 3.80. The third-order valence-electron chi connectivity index (χ3n) is 2.32. The number of hydrogen-bond acceptors (Lipinski definition) is 1. The zero-order valence-electron chi connectivity index (χ0n) is 8.57. The quantitative estimate of drug-likeness (QED) is 0.761. The van der Waals surface area contributed by atoms with Crippen molar-refractivity contribution in [1.29, 1.82) is 0 Å². The highest BCUT2D eigenvalue weighted by Crippen LogP contribution is 2.11. The molecule has 0 aliphatic rings. The molecular weight excluding hydrogens is 174 g/mol. The summed E-state index contributed by atoms with van der Waals surface area (Å²) >= 11 is 0. The van der Waals surface area contributed by atoms with Gasteiger partial charge in [0.25, 0.3) is 0 Å². The zero-order valence-corrected chi connectivity index (χ0v) is 8.57. The first-order valence-electron chi connectivity index (χ1n) is 5.00. The highest BCUT2D eigenvalue weighted by atomic mass is 16.1. The molecule has 2 heteroatoms. The largest absolute Gasteiger partial charge is 0.370 e. The summed E-state index contributed by atoms with van der Waals surface area (Å²) in [4.78, 5) is 10.6. The maximum absolute atomic E-state index is 10.6. The van der Waals surface area contributed by atoms with E-state index < -0.39 is 0 Å². The van der Waals surface area contributed by atoms with Crippen LogP contribution >= 0.6 is 0 Å². The van der Waals surface area contributed by atoms with Crippen LogP contribution < -0.4 is 5.73 Å². The molecule has 14 heavy (non-hydrogen) atoms. The summed E-state index contributed by atoms with van der Waals surface area (Å²) in [7, 11) is 0. The maximum Gasteiger partial charge on any atom is 0.217 e. The van der Waals surface area contributed by atoms with Crippen molar-refractivity contribution in [3.63, 3.8) is 0 Å². The Balaban J connectivity index is 2.30. The minimum atomic E-state index is -0.203. The molecule has 0 bridgehead atoms. The van der Waals surface area contributed by atoms with Gasteiger partial charge < -0.3 is 5.73 Å². The SMILES string of the molecule is C[C@H](CCc1ccccc1)CC(N)=O. The first-order valence-corrected chi connectivity index (χ1v) is 5.00. The van der Waals surface area contributed by atoms with Gasteiger partial charge in [0.15, 0.2) is 0 Å². The summed E-state index contributed by atoms with van der Waals surface area (Å²) in [6, 6.07) is 10.3. The van der Waals surface area contributed by atoms with Gasteiger partial charge >= 0.3 is 0 Å². The number of carbonyl (C=O) groups excluding carboxylic acids is 1. The maximum atomic E-state index is 10.6. The number of aryl methyl sites for hydroxylation is 1. The lowest BCUT2D eigenvalue weighted by Gasteiger charge is -2.08. The van der Waals surface area contributed by atoms with Gasteiger partial charge in [0.05, 0.1) is 0 Å². The van der Waals surface area contributed by atoms with Crippen LogP contribution in [0, 0.1) is 5.92 Å². The number of nitrogens with two attached hydrogens (primary N) is 1.